The van der Waals surface area contributed by atoms with Gasteiger partial charge < -0.3 is 29.3 Å². The highest BCUT2D eigenvalue weighted by Crippen LogP contribution is 2.36. The van der Waals surface area contributed by atoms with Gasteiger partial charge in [-0.3, -0.25) is 4.79 Å². The molecule has 0 aliphatic carbocycles. The normalized spacial score (nSPS) is 10.8. The third kappa shape index (κ3) is 3.82. The van der Waals surface area contributed by atoms with Crippen molar-refractivity contribution in [3.63, 3.8) is 0 Å². The standard InChI is InChI=1S/C23H22N2O5/c1-27-15-8-14(9-16(10-15)28-2)25-23(26)13-24-19-12-21-18(11-22(19)29-3)17-6-4-5-7-20(17)30-21/h4-12,24H,13H2,1-3H3,(H,25,26). The largest absolute Gasteiger partial charge is 0.497 e. The van der Waals surface area contributed by atoms with E-state index < -0.39 is 0 Å². The summed E-state index contributed by atoms with van der Waals surface area (Å²) in [4.78, 5) is 12.5. The molecule has 0 unspecified atom stereocenters. The van der Waals surface area contributed by atoms with E-state index in [0.717, 1.165) is 21.9 Å². The van der Waals surface area contributed by atoms with Crippen LogP contribution >= 0.6 is 0 Å². The SMILES string of the molecule is COc1cc(NC(=O)CNc2cc3oc4ccccc4c3cc2OC)cc(OC)c1. The first-order valence-electron chi connectivity index (χ1n) is 9.37. The number of methoxy groups -OCH3 is 3. The number of carbonyl (C=O) groups is 1. The summed E-state index contributed by atoms with van der Waals surface area (Å²) in [6, 6.07) is 16.8. The number of carbonyl (C=O) groups excluding carboxylic acids is 1. The summed E-state index contributed by atoms with van der Waals surface area (Å²) in [6.45, 7) is 0.0433. The van der Waals surface area contributed by atoms with Gasteiger partial charge in [-0.1, -0.05) is 18.2 Å². The number of benzene rings is 3. The minimum absolute atomic E-state index is 0.0433. The van der Waals surface area contributed by atoms with Gasteiger partial charge in [0.05, 0.1) is 33.6 Å². The molecule has 0 aliphatic rings. The lowest BCUT2D eigenvalue weighted by Gasteiger charge is -2.13. The van der Waals surface area contributed by atoms with E-state index in [1.54, 1.807) is 39.5 Å². The van der Waals surface area contributed by atoms with E-state index in [2.05, 4.69) is 10.6 Å². The summed E-state index contributed by atoms with van der Waals surface area (Å²) in [5, 5.41) is 7.93. The number of hydrogen-bond donors (Lipinski definition) is 2. The molecule has 3 aromatic carbocycles. The van der Waals surface area contributed by atoms with Crippen molar-refractivity contribution >= 4 is 39.2 Å². The molecule has 0 fully saturated rings. The van der Waals surface area contributed by atoms with Crippen molar-refractivity contribution in [2.45, 2.75) is 0 Å². The van der Waals surface area contributed by atoms with Crippen molar-refractivity contribution in [2.24, 2.45) is 0 Å². The fraction of sp³-hybridized carbons (Fsp3) is 0.174. The zero-order chi connectivity index (χ0) is 21.1. The van der Waals surface area contributed by atoms with Crippen molar-refractivity contribution in [3.05, 3.63) is 54.6 Å². The van der Waals surface area contributed by atoms with E-state index in [9.17, 15) is 4.79 Å². The molecule has 1 amide bonds. The Bertz CT molecular complexity index is 1190. The molecule has 7 nitrogen and oxygen atoms in total. The minimum atomic E-state index is -0.225. The molecule has 4 rings (SSSR count). The molecule has 30 heavy (non-hydrogen) atoms. The monoisotopic (exact) mass is 406 g/mol. The Morgan fingerprint density at radius 3 is 2.30 bits per heavy atom. The number of hydrogen-bond acceptors (Lipinski definition) is 6. The molecule has 0 radical (unpaired) electrons. The van der Waals surface area contributed by atoms with Gasteiger partial charge in [0.15, 0.2) is 0 Å². The van der Waals surface area contributed by atoms with Gasteiger partial charge in [0.2, 0.25) is 5.91 Å². The van der Waals surface area contributed by atoms with Crippen LogP contribution in [0.1, 0.15) is 0 Å². The second-order valence-corrected chi connectivity index (χ2v) is 6.65. The molecular formula is C23H22N2O5. The Balaban J connectivity index is 1.53. The Morgan fingerprint density at radius 1 is 0.867 bits per heavy atom. The Labute approximate surface area is 173 Å². The van der Waals surface area contributed by atoms with Crippen LogP contribution in [0.5, 0.6) is 17.2 Å². The molecule has 2 N–H and O–H groups in total. The summed E-state index contributed by atoms with van der Waals surface area (Å²) in [7, 11) is 4.71. The Morgan fingerprint density at radius 2 is 1.60 bits per heavy atom. The quantitative estimate of drug-likeness (QED) is 0.464. The fourth-order valence-corrected chi connectivity index (χ4v) is 3.32. The molecule has 0 saturated heterocycles. The molecule has 0 spiro atoms. The second kappa shape index (κ2) is 8.24. The highest BCUT2D eigenvalue weighted by atomic mass is 16.5. The van der Waals surface area contributed by atoms with Gasteiger partial charge in [0.1, 0.15) is 28.4 Å². The van der Waals surface area contributed by atoms with Crippen LogP contribution in [0.25, 0.3) is 21.9 Å². The van der Waals surface area contributed by atoms with Gasteiger partial charge in [-0.05, 0) is 12.1 Å². The number of fused-ring (bicyclic) bond motifs is 3. The van der Waals surface area contributed by atoms with Gasteiger partial charge in [0, 0.05) is 40.7 Å². The van der Waals surface area contributed by atoms with Crippen LogP contribution < -0.4 is 24.8 Å². The summed E-state index contributed by atoms with van der Waals surface area (Å²) in [6.07, 6.45) is 0. The average molecular weight is 406 g/mol. The summed E-state index contributed by atoms with van der Waals surface area (Å²) in [5.74, 6) is 1.59. The third-order valence-corrected chi connectivity index (χ3v) is 4.77. The maximum atomic E-state index is 12.5. The van der Waals surface area contributed by atoms with Crippen molar-refractivity contribution in [2.75, 3.05) is 38.5 Å². The maximum absolute atomic E-state index is 12.5. The lowest BCUT2D eigenvalue weighted by molar-refractivity contribution is -0.114. The van der Waals surface area contributed by atoms with E-state index in [0.29, 0.717) is 28.6 Å². The first-order valence-corrected chi connectivity index (χ1v) is 9.37. The topological polar surface area (TPSA) is 82.0 Å². The van der Waals surface area contributed by atoms with Gasteiger partial charge >= 0.3 is 0 Å². The molecule has 1 heterocycles. The first kappa shape index (κ1) is 19.4. The fourth-order valence-electron chi connectivity index (χ4n) is 3.32. The molecule has 0 aliphatic heterocycles. The predicted molar refractivity (Wildman–Crippen MR) is 117 cm³/mol. The predicted octanol–water partition coefficient (Wildman–Crippen LogP) is 4.66. The van der Waals surface area contributed by atoms with Crippen molar-refractivity contribution in [1.82, 2.24) is 0 Å². The number of furan rings is 1. The second-order valence-electron chi connectivity index (χ2n) is 6.65. The van der Waals surface area contributed by atoms with Crippen LogP contribution in [0.15, 0.2) is 59.0 Å². The van der Waals surface area contributed by atoms with Crippen LogP contribution in [0.2, 0.25) is 0 Å². The van der Waals surface area contributed by atoms with Crippen LogP contribution in [0.4, 0.5) is 11.4 Å². The molecule has 1 aromatic heterocycles. The van der Waals surface area contributed by atoms with E-state index in [-0.39, 0.29) is 12.5 Å². The maximum Gasteiger partial charge on any atom is 0.243 e. The van der Waals surface area contributed by atoms with Gasteiger partial charge in [0.25, 0.3) is 0 Å². The molecule has 0 saturated carbocycles. The molecular weight excluding hydrogens is 384 g/mol. The zero-order valence-electron chi connectivity index (χ0n) is 16.9. The lowest BCUT2D eigenvalue weighted by atomic mass is 10.1. The van der Waals surface area contributed by atoms with E-state index in [4.69, 9.17) is 18.6 Å². The van der Waals surface area contributed by atoms with Crippen LogP contribution in [-0.2, 0) is 4.79 Å². The minimum Gasteiger partial charge on any atom is -0.497 e. The number of anilines is 2. The number of amides is 1. The highest BCUT2D eigenvalue weighted by Gasteiger charge is 2.13. The zero-order valence-corrected chi connectivity index (χ0v) is 16.9. The van der Waals surface area contributed by atoms with Crippen LogP contribution in [0, 0.1) is 0 Å². The molecule has 0 atom stereocenters. The summed E-state index contributed by atoms with van der Waals surface area (Å²) in [5.41, 5.74) is 2.77. The molecule has 7 heteroatoms. The number of ether oxygens (including phenoxy) is 3. The van der Waals surface area contributed by atoms with Crippen molar-refractivity contribution < 1.29 is 23.4 Å². The highest BCUT2D eigenvalue weighted by molar-refractivity contribution is 6.06. The average Bonchev–Trinajstić information content (AvgIpc) is 3.14. The molecule has 154 valence electrons. The van der Waals surface area contributed by atoms with Gasteiger partial charge in [-0.2, -0.15) is 0 Å². The number of nitrogens with one attached hydrogen (secondary N) is 2. The van der Waals surface area contributed by atoms with E-state index in [1.807, 2.05) is 36.4 Å². The van der Waals surface area contributed by atoms with Gasteiger partial charge in [-0.25, -0.2) is 0 Å². The van der Waals surface area contributed by atoms with Gasteiger partial charge in [-0.15, -0.1) is 0 Å². The smallest absolute Gasteiger partial charge is 0.243 e. The molecule has 4 aromatic rings. The summed E-state index contributed by atoms with van der Waals surface area (Å²) < 4.78 is 21.9. The number of rotatable bonds is 7. The Kier molecular flexibility index (Phi) is 5.34. The van der Waals surface area contributed by atoms with Crippen LogP contribution in [-0.4, -0.2) is 33.8 Å². The van der Waals surface area contributed by atoms with Crippen LogP contribution in [0.3, 0.4) is 0 Å². The van der Waals surface area contributed by atoms with Crippen molar-refractivity contribution in [3.8, 4) is 17.2 Å². The first-order chi connectivity index (χ1) is 14.6. The Hall–Kier alpha value is -3.87. The van der Waals surface area contributed by atoms with Crippen molar-refractivity contribution in [1.29, 1.82) is 0 Å². The molecule has 0 bridgehead atoms. The number of para-hydroxylation sites is 1. The van der Waals surface area contributed by atoms with E-state index >= 15 is 0 Å². The summed E-state index contributed by atoms with van der Waals surface area (Å²) >= 11 is 0. The third-order valence-electron chi connectivity index (χ3n) is 4.77. The lowest BCUT2D eigenvalue weighted by Crippen LogP contribution is -2.22. The van der Waals surface area contributed by atoms with E-state index in [1.165, 1.54) is 0 Å².